The predicted octanol–water partition coefficient (Wildman–Crippen LogP) is -1.58. The first kappa shape index (κ1) is 10.4. The molecule has 0 fully saturated rings. The number of carboxylic acid groups (broad SMARTS) is 1. The summed E-state index contributed by atoms with van der Waals surface area (Å²) in [6.45, 7) is 0. The maximum atomic E-state index is 10.2. The molecule has 1 atom stereocenters. The van der Waals surface area contributed by atoms with Crippen molar-refractivity contribution in [3.05, 3.63) is 0 Å². The summed E-state index contributed by atoms with van der Waals surface area (Å²) in [5.74, 6) is -1.43. The van der Waals surface area contributed by atoms with E-state index >= 15 is 0 Å². The number of carboxylic acids is 1. The molecule has 0 unspecified atom stereocenters. The molecule has 11 heavy (non-hydrogen) atoms. The third-order valence-electron chi connectivity index (χ3n) is 0.859. The zero-order chi connectivity index (χ0) is 8.85. The van der Waals surface area contributed by atoms with Crippen molar-refractivity contribution in [3.8, 4) is 0 Å². The first-order chi connectivity index (χ1) is 5.04. The predicted molar refractivity (Wildman–Crippen MR) is 40.2 cm³/mol. The third kappa shape index (κ3) is 5.84. The summed E-state index contributed by atoms with van der Waals surface area (Å²) in [5.41, 5.74) is 10.0. The van der Waals surface area contributed by atoms with Crippen molar-refractivity contribution < 1.29 is 14.7 Å². The van der Waals surface area contributed by atoms with Crippen molar-refractivity contribution in [2.75, 3.05) is 0 Å². The van der Waals surface area contributed by atoms with Gasteiger partial charge in [0.05, 0.1) is 0 Å². The van der Waals surface area contributed by atoms with Gasteiger partial charge in [-0.3, -0.25) is 0 Å². The molecule has 6 heteroatoms. The van der Waals surface area contributed by atoms with Crippen molar-refractivity contribution in [2.24, 2.45) is 11.5 Å². The summed E-state index contributed by atoms with van der Waals surface area (Å²) in [4.78, 5) is 20.3. The average molecular weight is 225 g/mol. The van der Waals surface area contributed by atoms with Gasteiger partial charge in [-0.05, 0) is 0 Å². The van der Waals surface area contributed by atoms with Crippen LogP contribution < -0.4 is 11.5 Å². The van der Waals surface area contributed by atoms with E-state index in [0.717, 1.165) is 0 Å². The zero-order valence-electron chi connectivity index (χ0n) is 5.82. The van der Waals surface area contributed by atoms with Gasteiger partial charge in [0.25, 0.3) is 0 Å². The van der Waals surface area contributed by atoms with Crippen LogP contribution >= 0.6 is 0 Å². The molecule has 5 nitrogen and oxygen atoms in total. The second kappa shape index (κ2) is 5.12. The van der Waals surface area contributed by atoms with Gasteiger partial charge in [0.15, 0.2) is 0 Å². The SMILES string of the molecule is NC(=O)C[Se]C[C@H](N)C(=O)O. The molecular weight excluding hydrogens is 215 g/mol. The van der Waals surface area contributed by atoms with Crippen LogP contribution in [0.15, 0.2) is 0 Å². The molecule has 0 aromatic rings. The van der Waals surface area contributed by atoms with Crippen LogP contribution in [-0.2, 0) is 9.59 Å². The number of amides is 1. The maximum absolute atomic E-state index is 10.2. The van der Waals surface area contributed by atoms with Crippen molar-refractivity contribution >= 4 is 26.8 Å². The first-order valence-corrected chi connectivity index (χ1v) is 5.30. The van der Waals surface area contributed by atoms with E-state index < -0.39 is 17.9 Å². The Labute approximate surface area is 70.3 Å². The molecule has 0 aromatic carbocycles. The molecule has 0 aliphatic heterocycles. The Morgan fingerprint density at radius 2 is 2.09 bits per heavy atom. The van der Waals surface area contributed by atoms with Gasteiger partial charge in [0.1, 0.15) is 0 Å². The fourth-order valence-electron chi connectivity index (χ4n) is 0.358. The van der Waals surface area contributed by atoms with Crippen molar-refractivity contribution in [1.29, 1.82) is 0 Å². The summed E-state index contributed by atoms with van der Waals surface area (Å²) >= 11 is -0.0797. The van der Waals surface area contributed by atoms with Gasteiger partial charge < -0.3 is 0 Å². The standard InChI is InChI=1S/C5H10N2O3Se/c6-3(5(9)10)1-11-2-4(7)8/h3H,1-2,6H2,(H2,7,8)(H,9,10)/t3-/m0/s1. The molecule has 0 rings (SSSR count). The van der Waals surface area contributed by atoms with Crippen LogP contribution in [-0.4, -0.2) is 38.0 Å². The summed E-state index contributed by atoms with van der Waals surface area (Å²) in [5, 5.41) is 8.93. The van der Waals surface area contributed by atoms with Gasteiger partial charge in [-0.2, -0.15) is 0 Å². The number of hydrogen-bond donors (Lipinski definition) is 3. The van der Waals surface area contributed by atoms with E-state index in [-0.39, 0.29) is 20.3 Å². The zero-order valence-corrected chi connectivity index (χ0v) is 7.53. The third-order valence-corrected chi connectivity index (χ3v) is 3.13. The van der Waals surface area contributed by atoms with Crippen LogP contribution in [0, 0.1) is 0 Å². The van der Waals surface area contributed by atoms with Crippen molar-refractivity contribution in [2.45, 2.75) is 16.7 Å². The topological polar surface area (TPSA) is 106 Å². The van der Waals surface area contributed by atoms with E-state index in [1.165, 1.54) is 0 Å². The first-order valence-electron chi connectivity index (χ1n) is 2.88. The van der Waals surface area contributed by atoms with E-state index in [1.807, 2.05) is 0 Å². The molecule has 0 aliphatic carbocycles. The molecule has 0 heterocycles. The summed E-state index contributed by atoms with van der Waals surface area (Å²) in [6, 6.07) is -0.852. The van der Waals surface area contributed by atoms with Crippen LogP contribution in [0.5, 0.6) is 0 Å². The van der Waals surface area contributed by atoms with Gasteiger partial charge in [-0.15, -0.1) is 0 Å². The normalized spacial score (nSPS) is 12.5. The van der Waals surface area contributed by atoms with Crippen LogP contribution in [0.1, 0.15) is 0 Å². The number of nitrogens with two attached hydrogens (primary N) is 2. The molecule has 0 radical (unpaired) electrons. The van der Waals surface area contributed by atoms with Crippen LogP contribution in [0.2, 0.25) is 10.6 Å². The Hall–Kier alpha value is -0.581. The minimum atomic E-state index is -1.03. The van der Waals surface area contributed by atoms with Crippen LogP contribution in [0.3, 0.4) is 0 Å². The quantitative estimate of drug-likeness (QED) is 0.491. The van der Waals surface area contributed by atoms with E-state index in [1.54, 1.807) is 0 Å². The number of rotatable bonds is 5. The van der Waals surface area contributed by atoms with E-state index in [9.17, 15) is 9.59 Å². The molecule has 5 N–H and O–H groups in total. The Morgan fingerprint density at radius 1 is 1.55 bits per heavy atom. The molecular formula is C5H10N2O3Se. The van der Waals surface area contributed by atoms with E-state index in [2.05, 4.69) is 0 Å². The fraction of sp³-hybridized carbons (Fsp3) is 0.600. The molecule has 0 saturated heterocycles. The summed E-state index contributed by atoms with van der Waals surface area (Å²) in [6.07, 6.45) is 0. The second-order valence-electron chi connectivity index (χ2n) is 1.93. The van der Waals surface area contributed by atoms with Crippen LogP contribution in [0.4, 0.5) is 0 Å². The number of carbonyl (C=O) groups is 2. The van der Waals surface area contributed by atoms with Gasteiger partial charge >= 0.3 is 69.7 Å². The van der Waals surface area contributed by atoms with Gasteiger partial charge in [0, 0.05) is 0 Å². The fourth-order valence-corrected chi connectivity index (χ4v) is 1.86. The second-order valence-corrected chi connectivity index (χ2v) is 4.09. The Kier molecular flexibility index (Phi) is 4.85. The number of hydrogen-bond acceptors (Lipinski definition) is 3. The summed E-state index contributed by atoms with van der Waals surface area (Å²) < 4.78 is 0. The van der Waals surface area contributed by atoms with Gasteiger partial charge in [0.2, 0.25) is 0 Å². The Balaban J connectivity index is 3.39. The van der Waals surface area contributed by atoms with Gasteiger partial charge in [-0.25, -0.2) is 0 Å². The number of carbonyl (C=O) groups excluding carboxylic acids is 1. The Morgan fingerprint density at radius 3 is 2.45 bits per heavy atom. The molecule has 0 spiro atoms. The minimum absolute atomic E-state index is 0.0797. The van der Waals surface area contributed by atoms with Gasteiger partial charge in [-0.1, -0.05) is 0 Å². The monoisotopic (exact) mass is 226 g/mol. The molecule has 64 valence electrons. The molecule has 0 aliphatic rings. The van der Waals surface area contributed by atoms with E-state index in [0.29, 0.717) is 5.32 Å². The Bertz CT molecular complexity index is 162. The van der Waals surface area contributed by atoms with Crippen molar-refractivity contribution in [1.82, 2.24) is 0 Å². The molecule has 0 saturated carbocycles. The molecule has 0 bridgehead atoms. The number of aliphatic carboxylic acids is 1. The number of primary amides is 1. The van der Waals surface area contributed by atoms with Crippen molar-refractivity contribution in [3.63, 3.8) is 0 Å². The molecule has 1 amide bonds. The average Bonchev–Trinajstić information content (AvgIpc) is 1.86. The molecule has 0 aromatic heterocycles. The van der Waals surface area contributed by atoms with Crippen LogP contribution in [0.25, 0.3) is 0 Å². The summed E-state index contributed by atoms with van der Waals surface area (Å²) in [7, 11) is 0. The van der Waals surface area contributed by atoms with E-state index in [4.69, 9.17) is 16.6 Å².